The van der Waals surface area contributed by atoms with E-state index in [0.29, 0.717) is 25.5 Å². The van der Waals surface area contributed by atoms with Gasteiger partial charge in [0.05, 0.1) is 25.5 Å². The fourth-order valence-electron chi connectivity index (χ4n) is 2.88. The number of ether oxygens (including phenoxy) is 1. The number of anilines is 1. The van der Waals surface area contributed by atoms with Gasteiger partial charge in [0.15, 0.2) is 5.16 Å². The van der Waals surface area contributed by atoms with Crippen LogP contribution in [0.1, 0.15) is 25.3 Å². The Kier molecular flexibility index (Phi) is 7.53. The number of carbonyl (C=O) groups excluding carboxylic acids is 1. The van der Waals surface area contributed by atoms with Crippen LogP contribution < -0.4 is 10.2 Å². The summed E-state index contributed by atoms with van der Waals surface area (Å²) in [4.78, 5) is 14.3. The number of aromatic nitrogens is 3. The topological polar surface area (TPSA) is 72.3 Å². The van der Waals surface area contributed by atoms with Gasteiger partial charge in [-0.3, -0.25) is 9.36 Å². The lowest BCUT2D eigenvalue weighted by Gasteiger charge is -2.28. The third kappa shape index (κ3) is 5.71. The maximum absolute atomic E-state index is 12.1. The van der Waals surface area contributed by atoms with Gasteiger partial charge >= 0.3 is 0 Å². The van der Waals surface area contributed by atoms with Crippen molar-refractivity contribution in [2.45, 2.75) is 31.5 Å². The van der Waals surface area contributed by atoms with Crippen molar-refractivity contribution in [1.82, 2.24) is 20.1 Å². The Morgan fingerprint density at radius 1 is 1.22 bits per heavy atom. The largest absolute Gasteiger partial charge is 0.378 e. The van der Waals surface area contributed by atoms with Gasteiger partial charge in [-0.05, 0) is 12.0 Å². The molecule has 1 aliphatic rings. The summed E-state index contributed by atoms with van der Waals surface area (Å²) >= 11 is 1.44. The van der Waals surface area contributed by atoms with E-state index in [9.17, 15) is 4.79 Å². The lowest BCUT2D eigenvalue weighted by atomic mass is 10.2. The molecule has 2 heterocycles. The quantitative estimate of drug-likeness (QED) is 0.523. The molecular weight excluding hydrogens is 362 g/mol. The SMILES string of the molecule is CCCCNC(=O)CSc1nnc(N2CCOCC2)n1Cc1ccccc1. The molecule has 146 valence electrons. The van der Waals surface area contributed by atoms with Crippen molar-refractivity contribution in [3.63, 3.8) is 0 Å². The minimum absolute atomic E-state index is 0.0376. The van der Waals surface area contributed by atoms with Crippen molar-refractivity contribution >= 4 is 23.6 Å². The monoisotopic (exact) mass is 389 g/mol. The van der Waals surface area contributed by atoms with Gasteiger partial charge in [0.25, 0.3) is 0 Å². The molecule has 0 aliphatic carbocycles. The summed E-state index contributed by atoms with van der Waals surface area (Å²) in [7, 11) is 0. The molecular formula is C19H27N5O2S. The van der Waals surface area contributed by atoms with E-state index in [2.05, 4.69) is 44.0 Å². The molecule has 1 fully saturated rings. The number of morpholine rings is 1. The van der Waals surface area contributed by atoms with E-state index < -0.39 is 0 Å². The molecule has 3 rings (SSSR count). The fourth-order valence-corrected chi connectivity index (χ4v) is 3.64. The highest BCUT2D eigenvalue weighted by Gasteiger charge is 2.21. The first kappa shape index (κ1) is 19.7. The van der Waals surface area contributed by atoms with E-state index in [1.807, 2.05) is 18.2 Å². The average Bonchev–Trinajstić information content (AvgIpc) is 3.10. The van der Waals surface area contributed by atoms with Crippen LogP contribution in [0.3, 0.4) is 0 Å². The van der Waals surface area contributed by atoms with Crippen LogP contribution in [0.2, 0.25) is 0 Å². The number of hydrogen-bond donors (Lipinski definition) is 1. The van der Waals surface area contributed by atoms with Gasteiger partial charge in [-0.1, -0.05) is 55.4 Å². The summed E-state index contributed by atoms with van der Waals surface area (Å²) in [6.07, 6.45) is 2.07. The summed E-state index contributed by atoms with van der Waals surface area (Å²) in [6, 6.07) is 10.3. The van der Waals surface area contributed by atoms with Gasteiger partial charge in [0, 0.05) is 19.6 Å². The Bertz CT molecular complexity index is 716. The number of rotatable bonds is 9. The van der Waals surface area contributed by atoms with Crippen molar-refractivity contribution in [3.8, 4) is 0 Å². The molecule has 2 aromatic rings. The van der Waals surface area contributed by atoms with Crippen LogP contribution in [0.15, 0.2) is 35.5 Å². The molecule has 0 unspecified atom stereocenters. The third-order valence-corrected chi connectivity index (χ3v) is 5.33. The Morgan fingerprint density at radius 2 is 2.00 bits per heavy atom. The average molecular weight is 390 g/mol. The zero-order valence-corrected chi connectivity index (χ0v) is 16.6. The van der Waals surface area contributed by atoms with Crippen molar-refractivity contribution in [1.29, 1.82) is 0 Å². The second kappa shape index (κ2) is 10.3. The number of nitrogens with zero attached hydrogens (tertiary/aromatic N) is 4. The van der Waals surface area contributed by atoms with Crippen molar-refractivity contribution in [3.05, 3.63) is 35.9 Å². The van der Waals surface area contributed by atoms with Gasteiger partial charge in [-0.25, -0.2) is 0 Å². The van der Waals surface area contributed by atoms with E-state index in [1.54, 1.807) is 0 Å². The molecule has 0 saturated carbocycles. The highest BCUT2D eigenvalue weighted by Crippen LogP contribution is 2.24. The molecule has 7 nitrogen and oxygen atoms in total. The zero-order chi connectivity index (χ0) is 18.9. The minimum atomic E-state index is 0.0376. The summed E-state index contributed by atoms with van der Waals surface area (Å²) in [6.45, 7) is 6.51. The highest BCUT2D eigenvalue weighted by atomic mass is 32.2. The molecule has 1 saturated heterocycles. The van der Waals surface area contributed by atoms with E-state index >= 15 is 0 Å². The van der Waals surface area contributed by atoms with Gasteiger partial charge in [-0.15, -0.1) is 10.2 Å². The Hall–Kier alpha value is -2.06. The molecule has 1 aliphatic heterocycles. The van der Waals surface area contributed by atoms with Crippen molar-refractivity contribution in [2.24, 2.45) is 0 Å². The van der Waals surface area contributed by atoms with Crippen LogP contribution in [0.25, 0.3) is 0 Å². The summed E-state index contributed by atoms with van der Waals surface area (Å²) in [5.74, 6) is 1.23. The summed E-state index contributed by atoms with van der Waals surface area (Å²) < 4.78 is 7.56. The molecule has 0 spiro atoms. The maximum Gasteiger partial charge on any atom is 0.230 e. The van der Waals surface area contributed by atoms with Gasteiger partial charge in [0.2, 0.25) is 11.9 Å². The second-order valence-corrected chi connectivity index (χ2v) is 7.39. The van der Waals surface area contributed by atoms with Gasteiger partial charge in [-0.2, -0.15) is 0 Å². The predicted molar refractivity (Wildman–Crippen MR) is 107 cm³/mol. The molecule has 1 amide bonds. The van der Waals surface area contributed by atoms with E-state index in [1.165, 1.54) is 17.3 Å². The number of thioether (sulfide) groups is 1. The Balaban J connectivity index is 1.72. The molecule has 0 bridgehead atoms. The lowest BCUT2D eigenvalue weighted by molar-refractivity contribution is -0.118. The van der Waals surface area contributed by atoms with Crippen LogP contribution in [-0.4, -0.2) is 59.3 Å². The number of carbonyl (C=O) groups is 1. The predicted octanol–water partition coefficient (Wildman–Crippen LogP) is 2.17. The Morgan fingerprint density at radius 3 is 2.74 bits per heavy atom. The number of amides is 1. The van der Waals surface area contributed by atoms with Crippen LogP contribution >= 0.6 is 11.8 Å². The third-order valence-electron chi connectivity index (χ3n) is 4.36. The normalized spacial score (nSPS) is 14.3. The molecule has 1 aromatic heterocycles. The number of benzene rings is 1. The maximum atomic E-state index is 12.1. The molecule has 27 heavy (non-hydrogen) atoms. The fraction of sp³-hybridized carbons (Fsp3) is 0.526. The van der Waals surface area contributed by atoms with E-state index in [4.69, 9.17) is 4.74 Å². The summed E-state index contributed by atoms with van der Waals surface area (Å²) in [5, 5.41) is 12.5. The van der Waals surface area contributed by atoms with Crippen molar-refractivity contribution in [2.75, 3.05) is 43.5 Å². The number of hydrogen-bond acceptors (Lipinski definition) is 6. The van der Waals surface area contributed by atoms with Crippen LogP contribution in [0, 0.1) is 0 Å². The standard InChI is InChI=1S/C19H27N5O2S/c1-2-3-9-20-17(25)15-27-19-22-21-18(23-10-12-26-13-11-23)24(19)14-16-7-5-4-6-8-16/h4-8H,2-3,9-15H2,1H3,(H,20,25). The highest BCUT2D eigenvalue weighted by molar-refractivity contribution is 7.99. The zero-order valence-electron chi connectivity index (χ0n) is 15.8. The van der Waals surface area contributed by atoms with Crippen LogP contribution in [0.4, 0.5) is 5.95 Å². The van der Waals surface area contributed by atoms with Crippen LogP contribution in [-0.2, 0) is 16.1 Å². The second-order valence-electron chi connectivity index (χ2n) is 6.45. The molecule has 1 N–H and O–H groups in total. The van der Waals surface area contributed by atoms with Crippen LogP contribution in [0.5, 0.6) is 0 Å². The Labute approximate surface area is 164 Å². The molecule has 0 radical (unpaired) electrons. The number of unbranched alkanes of at least 4 members (excludes halogenated alkanes) is 1. The number of nitrogens with one attached hydrogen (secondary N) is 1. The van der Waals surface area contributed by atoms with Gasteiger partial charge in [0.1, 0.15) is 0 Å². The first-order chi connectivity index (χ1) is 13.3. The molecule has 0 atom stereocenters. The first-order valence-corrected chi connectivity index (χ1v) is 10.5. The molecule has 1 aromatic carbocycles. The van der Waals surface area contributed by atoms with E-state index in [-0.39, 0.29) is 5.91 Å². The molecule has 8 heteroatoms. The van der Waals surface area contributed by atoms with E-state index in [0.717, 1.165) is 43.6 Å². The van der Waals surface area contributed by atoms with Crippen molar-refractivity contribution < 1.29 is 9.53 Å². The summed E-state index contributed by atoms with van der Waals surface area (Å²) in [5.41, 5.74) is 1.18. The lowest BCUT2D eigenvalue weighted by Crippen LogP contribution is -2.38. The van der Waals surface area contributed by atoms with Gasteiger partial charge < -0.3 is 15.0 Å². The smallest absolute Gasteiger partial charge is 0.230 e. The minimum Gasteiger partial charge on any atom is -0.378 e. The first-order valence-electron chi connectivity index (χ1n) is 9.47.